The van der Waals surface area contributed by atoms with Gasteiger partial charge >= 0.3 is 0 Å². The topological polar surface area (TPSA) is 17.1 Å². The lowest BCUT2D eigenvalue weighted by molar-refractivity contribution is -0.120. The lowest BCUT2D eigenvalue weighted by Crippen LogP contribution is -2.21. The fourth-order valence-corrected chi connectivity index (χ4v) is 7.85. The van der Waals surface area contributed by atoms with Gasteiger partial charge in [0.15, 0.2) is 0 Å². The standard InChI is InChI=1S/C33H46O/c1-21-15-23(3)32(24(4)16-21)30(27-11-7-8-12-27)19-29(34)20-31(28-13-9-10-14-28)33-25(5)17-22(2)18-26(33)6/h15-18,27-28,30-31H,7-14,19-20H2,1-6H3/t30-,31-/m0/s1. The van der Waals surface area contributed by atoms with Crippen LogP contribution in [0.4, 0.5) is 0 Å². The fraction of sp³-hybridized carbons (Fsp3) is 0.606. The summed E-state index contributed by atoms with van der Waals surface area (Å²) in [5.41, 5.74) is 11.2. The lowest BCUT2D eigenvalue weighted by atomic mass is 9.74. The Morgan fingerprint density at radius 3 is 1.21 bits per heavy atom. The highest BCUT2D eigenvalue weighted by Crippen LogP contribution is 2.45. The summed E-state index contributed by atoms with van der Waals surface area (Å²) in [6, 6.07) is 9.31. The Bertz CT molecular complexity index is 889. The molecular weight excluding hydrogens is 412 g/mol. The van der Waals surface area contributed by atoms with Crippen molar-refractivity contribution in [3.63, 3.8) is 0 Å². The maximum Gasteiger partial charge on any atom is 0.134 e. The Hall–Kier alpha value is -1.89. The molecular formula is C33H46O. The van der Waals surface area contributed by atoms with E-state index in [4.69, 9.17) is 0 Å². The van der Waals surface area contributed by atoms with Crippen LogP contribution in [0.25, 0.3) is 0 Å². The molecule has 2 atom stereocenters. The largest absolute Gasteiger partial charge is 0.300 e. The number of carbonyl (C=O) groups is 1. The molecule has 2 saturated carbocycles. The molecule has 0 radical (unpaired) electrons. The average Bonchev–Trinajstić information content (AvgIpc) is 3.45. The maximum absolute atomic E-state index is 13.9. The second-order valence-corrected chi connectivity index (χ2v) is 11.9. The summed E-state index contributed by atoms with van der Waals surface area (Å²) in [4.78, 5) is 13.9. The van der Waals surface area contributed by atoms with Gasteiger partial charge in [-0.25, -0.2) is 0 Å². The molecule has 0 N–H and O–H groups in total. The minimum atomic E-state index is 0.389. The van der Waals surface area contributed by atoms with Crippen LogP contribution in [0.15, 0.2) is 24.3 Å². The highest BCUT2D eigenvalue weighted by molar-refractivity contribution is 5.80. The predicted octanol–water partition coefficient (Wildman–Crippen LogP) is 9.13. The molecule has 184 valence electrons. The van der Waals surface area contributed by atoms with Crippen LogP contribution in [0.1, 0.15) is 121 Å². The molecule has 1 heteroatoms. The van der Waals surface area contributed by atoms with Gasteiger partial charge in [0, 0.05) is 12.8 Å². The molecule has 2 aromatic rings. The zero-order chi connectivity index (χ0) is 24.4. The summed E-state index contributed by atoms with van der Waals surface area (Å²) < 4.78 is 0. The molecule has 0 amide bonds. The van der Waals surface area contributed by atoms with Gasteiger partial charge in [0.05, 0.1) is 0 Å². The maximum atomic E-state index is 13.9. The highest BCUT2D eigenvalue weighted by atomic mass is 16.1. The molecule has 2 aliphatic carbocycles. The Labute approximate surface area is 208 Å². The van der Waals surface area contributed by atoms with E-state index in [1.165, 1.54) is 95.9 Å². The van der Waals surface area contributed by atoms with Gasteiger partial charge in [-0.15, -0.1) is 0 Å². The minimum Gasteiger partial charge on any atom is -0.300 e. The van der Waals surface area contributed by atoms with Crippen molar-refractivity contribution in [3.05, 3.63) is 68.8 Å². The number of aryl methyl sites for hydroxylation is 6. The summed E-state index contributed by atoms with van der Waals surface area (Å²) in [6.07, 6.45) is 11.9. The molecule has 0 aromatic heterocycles. The normalized spacial score (nSPS) is 19.0. The average molecular weight is 459 g/mol. The van der Waals surface area contributed by atoms with Gasteiger partial charge in [-0.1, -0.05) is 61.1 Å². The van der Waals surface area contributed by atoms with E-state index in [9.17, 15) is 4.79 Å². The second kappa shape index (κ2) is 10.8. The molecule has 1 nitrogen and oxygen atoms in total. The van der Waals surface area contributed by atoms with Gasteiger partial charge in [-0.05, 0) is 124 Å². The lowest BCUT2D eigenvalue weighted by Gasteiger charge is -2.30. The van der Waals surface area contributed by atoms with Gasteiger partial charge in [0.1, 0.15) is 5.78 Å². The molecule has 2 aromatic carbocycles. The third-order valence-electron chi connectivity index (χ3n) is 9.05. The van der Waals surface area contributed by atoms with Crippen LogP contribution >= 0.6 is 0 Å². The molecule has 4 rings (SSSR count). The number of Topliss-reactive ketones (excluding diaryl/α,β-unsaturated/α-hetero) is 1. The van der Waals surface area contributed by atoms with E-state index in [0.29, 0.717) is 29.5 Å². The number of hydrogen-bond donors (Lipinski definition) is 0. The van der Waals surface area contributed by atoms with Crippen molar-refractivity contribution < 1.29 is 4.79 Å². The number of rotatable bonds is 8. The first kappa shape index (κ1) is 25.2. The van der Waals surface area contributed by atoms with Crippen LogP contribution in [0, 0.1) is 53.4 Å². The molecule has 0 heterocycles. The Balaban J connectivity index is 1.63. The van der Waals surface area contributed by atoms with Crippen LogP contribution < -0.4 is 0 Å². The molecule has 0 saturated heterocycles. The highest BCUT2D eigenvalue weighted by Gasteiger charge is 2.34. The van der Waals surface area contributed by atoms with E-state index >= 15 is 0 Å². The number of ketones is 1. The zero-order valence-corrected chi connectivity index (χ0v) is 22.6. The number of hydrogen-bond acceptors (Lipinski definition) is 1. The van der Waals surface area contributed by atoms with Crippen LogP contribution in [-0.4, -0.2) is 5.78 Å². The van der Waals surface area contributed by atoms with Gasteiger partial charge in [0.2, 0.25) is 0 Å². The first-order valence-electron chi connectivity index (χ1n) is 13.9. The summed E-state index contributed by atoms with van der Waals surface area (Å²) >= 11 is 0. The van der Waals surface area contributed by atoms with Gasteiger partial charge < -0.3 is 0 Å². The number of carbonyl (C=O) groups excluding carboxylic acids is 1. The SMILES string of the molecule is Cc1cc(C)c([C@@H](CC(=O)C[C@H](c2c(C)cc(C)cc2C)C2CCCC2)C2CCCC2)c(C)c1. The predicted molar refractivity (Wildman–Crippen MR) is 145 cm³/mol. The minimum absolute atomic E-state index is 0.389. The van der Waals surface area contributed by atoms with Crippen molar-refractivity contribution in [1.82, 2.24) is 0 Å². The van der Waals surface area contributed by atoms with E-state index in [1.54, 1.807) is 0 Å². The van der Waals surface area contributed by atoms with E-state index < -0.39 is 0 Å². The van der Waals surface area contributed by atoms with Crippen molar-refractivity contribution in [1.29, 1.82) is 0 Å². The summed E-state index contributed by atoms with van der Waals surface area (Å²) in [5, 5.41) is 0. The third kappa shape index (κ3) is 5.50. The zero-order valence-electron chi connectivity index (χ0n) is 22.6. The van der Waals surface area contributed by atoms with Gasteiger partial charge in [0.25, 0.3) is 0 Å². The van der Waals surface area contributed by atoms with Gasteiger partial charge in [-0.3, -0.25) is 4.79 Å². The van der Waals surface area contributed by atoms with Crippen LogP contribution in [0.5, 0.6) is 0 Å². The van der Waals surface area contributed by atoms with E-state index in [2.05, 4.69) is 65.8 Å². The molecule has 0 unspecified atom stereocenters. The molecule has 0 spiro atoms. The van der Waals surface area contributed by atoms with Crippen molar-refractivity contribution in [2.24, 2.45) is 11.8 Å². The van der Waals surface area contributed by atoms with Crippen molar-refractivity contribution >= 4 is 5.78 Å². The smallest absolute Gasteiger partial charge is 0.134 e. The molecule has 2 fully saturated rings. The van der Waals surface area contributed by atoms with E-state index in [-0.39, 0.29) is 0 Å². The van der Waals surface area contributed by atoms with Gasteiger partial charge in [-0.2, -0.15) is 0 Å². The molecule has 0 bridgehead atoms. The summed E-state index contributed by atoms with van der Waals surface area (Å²) in [5.74, 6) is 2.60. The van der Waals surface area contributed by atoms with Crippen LogP contribution in [0.3, 0.4) is 0 Å². The first-order chi connectivity index (χ1) is 16.2. The van der Waals surface area contributed by atoms with Crippen LogP contribution in [0.2, 0.25) is 0 Å². The van der Waals surface area contributed by atoms with E-state index in [0.717, 1.165) is 12.8 Å². The summed E-state index contributed by atoms with van der Waals surface area (Å²) in [6.45, 7) is 13.4. The third-order valence-corrected chi connectivity index (χ3v) is 9.05. The Kier molecular flexibility index (Phi) is 8.01. The van der Waals surface area contributed by atoms with Crippen molar-refractivity contribution in [2.75, 3.05) is 0 Å². The first-order valence-corrected chi connectivity index (χ1v) is 13.9. The fourth-order valence-electron chi connectivity index (χ4n) is 7.85. The quantitative estimate of drug-likeness (QED) is 0.385. The molecule has 34 heavy (non-hydrogen) atoms. The second-order valence-electron chi connectivity index (χ2n) is 11.9. The summed E-state index contributed by atoms with van der Waals surface area (Å²) in [7, 11) is 0. The monoisotopic (exact) mass is 458 g/mol. The Morgan fingerprint density at radius 2 is 0.912 bits per heavy atom. The number of benzene rings is 2. The van der Waals surface area contributed by atoms with Crippen molar-refractivity contribution in [2.45, 2.75) is 118 Å². The van der Waals surface area contributed by atoms with Crippen LogP contribution in [-0.2, 0) is 4.79 Å². The molecule has 2 aliphatic rings. The molecule has 0 aliphatic heterocycles. The Morgan fingerprint density at radius 1 is 0.618 bits per heavy atom. The van der Waals surface area contributed by atoms with Crippen molar-refractivity contribution in [3.8, 4) is 0 Å². The van der Waals surface area contributed by atoms with E-state index in [1.807, 2.05) is 0 Å².